The monoisotopic (exact) mass is 558 g/mol. The minimum absolute atomic E-state index is 0.0310. The molecule has 2 aromatic carbocycles. The topological polar surface area (TPSA) is 167 Å². The lowest BCUT2D eigenvalue weighted by Gasteiger charge is -2.25. The first-order valence-electron chi connectivity index (χ1n) is 12.8. The molecule has 3 N–H and O–H groups in total. The third-order valence-electron chi connectivity index (χ3n) is 6.38. The molecule has 3 amide bonds. The summed E-state index contributed by atoms with van der Waals surface area (Å²) in [5, 5.41) is 10.0. The molecule has 4 rings (SSSR count). The molecular weight excluding hydrogens is 528 g/mol. The van der Waals surface area contributed by atoms with Crippen molar-refractivity contribution in [1.29, 1.82) is 0 Å². The summed E-state index contributed by atoms with van der Waals surface area (Å²) in [6.45, 7) is 6.00. The number of fused-ring (bicyclic) bond motifs is 1. The number of aryl methyl sites for hydroxylation is 2. The third kappa shape index (κ3) is 6.46. The van der Waals surface area contributed by atoms with Gasteiger partial charge in [0.2, 0.25) is 5.91 Å². The van der Waals surface area contributed by atoms with Gasteiger partial charge in [0, 0.05) is 25.7 Å². The summed E-state index contributed by atoms with van der Waals surface area (Å²) < 4.78 is 7.33. The van der Waals surface area contributed by atoms with Crippen LogP contribution in [0.25, 0.3) is 11.7 Å². The summed E-state index contributed by atoms with van der Waals surface area (Å²) in [5.41, 5.74) is 8.07. The molecule has 0 radical (unpaired) electrons. The second-order valence-electron chi connectivity index (χ2n) is 9.13. The number of nitrogens with two attached hydrogens (primary N) is 1. The fourth-order valence-corrected chi connectivity index (χ4v) is 4.29. The fourth-order valence-electron chi connectivity index (χ4n) is 4.29. The van der Waals surface area contributed by atoms with Gasteiger partial charge in [0.1, 0.15) is 12.4 Å². The predicted octanol–water partition coefficient (Wildman–Crippen LogP) is 1.77. The number of imidazole rings is 1. The number of primary amides is 1. The SMILES string of the molecule is C=Cc1ccccc1CN(C(=O)CCOC(=O)NCCc1nc(C(N)=O)c2nnn(C)c(=O)n12)c1ccccc1C. The van der Waals surface area contributed by atoms with E-state index in [2.05, 4.69) is 27.2 Å². The van der Waals surface area contributed by atoms with Gasteiger partial charge in [0.25, 0.3) is 5.91 Å². The van der Waals surface area contributed by atoms with E-state index in [-0.39, 0.29) is 49.1 Å². The van der Waals surface area contributed by atoms with Crippen molar-refractivity contribution in [2.45, 2.75) is 26.3 Å². The van der Waals surface area contributed by atoms with Gasteiger partial charge in [0.15, 0.2) is 11.3 Å². The molecule has 212 valence electrons. The third-order valence-corrected chi connectivity index (χ3v) is 6.38. The Labute approximate surface area is 235 Å². The summed E-state index contributed by atoms with van der Waals surface area (Å²) >= 11 is 0. The zero-order valence-electron chi connectivity index (χ0n) is 22.7. The summed E-state index contributed by atoms with van der Waals surface area (Å²) in [7, 11) is 1.40. The quantitative estimate of drug-likeness (QED) is 0.281. The molecule has 2 heterocycles. The van der Waals surface area contributed by atoms with Crippen molar-refractivity contribution >= 4 is 35.3 Å². The van der Waals surface area contributed by atoms with Crippen molar-refractivity contribution in [3.05, 3.63) is 93.8 Å². The predicted molar refractivity (Wildman–Crippen MR) is 151 cm³/mol. The summed E-state index contributed by atoms with van der Waals surface area (Å²) in [6.07, 6.45) is 1.03. The average molecular weight is 559 g/mol. The van der Waals surface area contributed by atoms with Gasteiger partial charge in [-0.05, 0) is 29.7 Å². The lowest BCUT2D eigenvalue weighted by molar-refractivity contribution is -0.119. The van der Waals surface area contributed by atoms with E-state index in [0.717, 1.165) is 31.5 Å². The number of anilines is 1. The normalized spacial score (nSPS) is 10.8. The Balaban J connectivity index is 1.36. The van der Waals surface area contributed by atoms with Crippen LogP contribution in [-0.4, -0.2) is 55.4 Å². The van der Waals surface area contributed by atoms with Crippen LogP contribution in [0.1, 0.15) is 39.4 Å². The number of nitrogens with zero attached hydrogens (tertiary/aromatic N) is 6. The average Bonchev–Trinajstić information content (AvgIpc) is 3.33. The van der Waals surface area contributed by atoms with Crippen LogP contribution in [0.15, 0.2) is 59.9 Å². The van der Waals surface area contributed by atoms with Crippen LogP contribution in [0, 0.1) is 6.92 Å². The highest BCUT2D eigenvalue weighted by atomic mass is 16.5. The first-order chi connectivity index (χ1) is 19.7. The van der Waals surface area contributed by atoms with Crippen LogP contribution in [0.3, 0.4) is 0 Å². The van der Waals surface area contributed by atoms with E-state index in [1.165, 1.54) is 7.05 Å². The standard InChI is InChI=1S/C28H30N8O5/c1-4-19-10-6-7-11-20(19)17-35(21-12-8-5-9-18(21)2)23(37)14-16-41-27(39)30-15-13-22-31-24(25(29)38)26-32-33-34(3)28(40)36(22)26/h4-12H,1,13-17H2,2-3H3,(H2,29,38)(H,30,39). The maximum Gasteiger partial charge on any atom is 0.407 e. The highest BCUT2D eigenvalue weighted by molar-refractivity contribution is 5.96. The number of rotatable bonds is 11. The van der Waals surface area contributed by atoms with Crippen LogP contribution in [0.4, 0.5) is 10.5 Å². The molecule has 4 aromatic rings. The van der Waals surface area contributed by atoms with Gasteiger partial charge < -0.3 is 20.7 Å². The van der Waals surface area contributed by atoms with Gasteiger partial charge in [0.05, 0.1) is 13.0 Å². The van der Waals surface area contributed by atoms with Crippen LogP contribution in [0.5, 0.6) is 0 Å². The largest absolute Gasteiger partial charge is 0.449 e. The van der Waals surface area contributed by atoms with Gasteiger partial charge in [-0.1, -0.05) is 60.3 Å². The second kappa shape index (κ2) is 12.7. The van der Waals surface area contributed by atoms with Crippen molar-refractivity contribution in [2.24, 2.45) is 12.8 Å². The molecule has 41 heavy (non-hydrogen) atoms. The van der Waals surface area contributed by atoms with Gasteiger partial charge in [-0.2, -0.15) is 4.68 Å². The molecule has 0 aliphatic carbocycles. The van der Waals surface area contributed by atoms with Gasteiger partial charge >= 0.3 is 11.8 Å². The molecule has 0 saturated heterocycles. The Morgan fingerprint density at radius 3 is 2.61 bits per heavy atom. The van der Waals surface area contributed by atoms with E-state index < -0.39 is 17.7 Å². The molecular formula is C28H30N8O5. The zero-order chi connectivity index (χ0) is 29.5. The minimum Gasteiger partial charge on any atom is -0.449 e. The van der Waals surface area contributed by atoms with E-state index in [4.69, 9.17) is 10.5 Å². The summed E-state index contributed by atoms with van der Waals surface area (Å²) in [5.74, 6) is -0.903. The number of para-hydroxylation sites is 1. The number of alkyl carbamates (subject to hydrolysis) is 1. The Kier molecular flexibility index (Phi) is 8.87. The van der Waals surface area contributed by atoms with Crippen molar-refractivity contribution < 1.29 is 19.1 Å². The van der Waals surface area contributed by atoms with E-state index >= 15 is 0 Å². The van der Waals surface area contributed by atoms with Crippen molar-refractivity contribution in [2.75, 3.05) is 18.1 Å². The number of amides is 3. The Bertz CT molecular complexity index is 1680. The molecule has 0 saturated carbocycles. The first-order valence-corrected chi connectivity index (χ1v) is 12.8. The molecule has 0 fully saturated rings. The number of hydrogen-bond donors (Lipinski definition) is 2. The number of ether oxygens (including phenoxy) is 1. The summed E-state index contributed by atoms with van der Waals surface area (Å²) in [4.78, 5) is 55.6. The zero-order valence-corrected chi connectivity index (χ0v) is 22.7. The number of aromatic nitrogens is 5. The lowest BCUT2D eigenvalue weighted by atomic mass is 10.1. The number of carbonyl (C=O) groups is 3. The van der Waals surface area contributed by atoms with Gasteiger partial charge in [-0.3, -0.25) is 9.59 Å². The van der Waals surface area contributed by atoms with Crippen molar-refractivity contribution in [3.63, 3.8) is 0 Å². The molecule has 13 heteroatoms. The minimum atomic E-state index is -0.860. The maximum absolute atomic E-state index is 13.3. The fraction of sp³-hybridized carbons (Fsp3) is 0.250. The van der Waals surface area contributed by atoms with E-state index in [1.807, 2.05) is 55.5 Å². The molecule has 0 bridgehead atoms. The van der Waals surface area contributed by atoms with Crippen LogP contribution in [0.2, 0.25) is 0 Å². The highest BCUT2D eigenvalue weighted by Gasteiger charge is 2.21. The first kappa shape index (κ1) is 28.7. The number of benzene rings is 2. The van der Waals surface area contributed by atoms with E-state index in [0.29, 0.717) is 6.54 Å². The highest BCUT2D eigenvalue weighted by Crippen LogP contribution is 2.24. The van der Waals surface area contributed by atoms with Crippen molar-refractivity contribution in [1.82, 2.24) is 29.7 Å². The molecule has 13 nitrogen and oxygen atoms in total. The smallest absolute Gasteiger partial charge is 0.407 e. The molecule has 0 aliphatic rings. The molecule has 0 aliphatic heterocycles. The Morgan fingerprint density at radius 1 is 1.15 bits per heavy atom. The maximum atomic E-state index is 13.3. The van der Waals surface area contributed by atoms with Gasteiger partial charge in [-0.25, -0.2) is 19.0 Å². The summed E-state index contributed by atoms with van der Waals surface area (Å²) in [6, 6.07) is 15.3. The van der Waals surface area contributed by atoms with Crippen LogP contribution >= 0.6 is 0 Å². The van der Waals surface area contributed by atoms with Crippen LogP contribution < -0.4 is 21.6 Å². The molecule has 0 atom stereocenters. The Morgan fingerprint density at radius 2 is 1.88 bits per heavy atom. The van der Waals surface area contributed by atoms with Crippen molar-refractivity contribution in [3.8, 4) is 0 Å². The van der Waals surface area contributed by atoms with Crippen LogP contribution in [-0.2, 0) is 29.5 Å². The van der Waals surface area contributed by atoms with Gasteiger partial charge in [-0.15, -0.1) is 5.10 Å². The number of carbonyl (C=O) groups excluding carboxylic acids is 3. The number of nitrogens with one attached hydrogen (secondary N) is 1. The molecule has 0 unspecified atom stereocenters. The molecule has 2 aromatic heterocycles. The Hall–Kier alpha value is -5.33. The second-order valence-corrected chi connectivity index (χ2v) is 9.13. The van der Waals surface area contributed by atoms with E-state index in [1.54, 1.807) is 11.0 Å². The molecule has 0 spiro atoms. The van der Waals surface area contributed by atoms with E-state index in [9.17, 15) is 19.2 Å². The number of hydrogen-bond acceptors (Lipinski definition) is 8. The lowest BCUT2D eigenvalue weighted by Crippen LogP contribution is -2.33.